The quantitative estimate of drug-likeness (QED) is 0.535. The fraction of sp³-hybridized carbons (Fsp3) is 0.692. The van der Waals surface area contributed by atoms with Crippen LogP contribution in [0.2, 0.25) is 0 Å². The highest BCUT2D eigenvalue weighted by Gasteiger charge is 2.49. The minimum absolute atomic E-state index is 0.00412. The largest absolute Gasteiger partial charge is 0.470 e. The summed E-state index contributed by atoms with van der Waals surface area (Å²) in [5.74, 6) is 0.0379. The molecule has 4 atom stereocenters. The standard InChI is InChI=1S/C13H22N3O8P/c1-7(2)22-6-8-10(24-25(18,19)20)11(21-3)12(23-8)16-5-4-9(14)15-13(16)17/h4-5,7-8,10-12H,6H2,1-3H3,(H2,14,15,17)(H2,18,19,20)/t8-,10-,11-,12-/m1/s1. The van der Waals surface area contributed by atoms with Gasteiger partial charge in [-0.15, -0.1) is 0 Å². The summed E-state index contributed by atoms with van der Waals surface area (Å²) in [6, 6.07) is 1.40. The van der Waals surface area contributed by atoms with Crippen LogP contribution in [-0.4, -0.2) is 57.5 Å². The molecule has 0 amide bonds. The van der Waals surface area contributed by atoms with Gasteiger partial charge >= 0.3 is 13.5 Å². The first-order valence-electron chi connectivity index (χ1n) is 7.51. The number of nitrogen functional groups attached to an aromatic ring is 1. The summed E-state index contributed by atoms with van der Waals surface area (Å²) >= 11 is 0. The molecule has 25 heavy (non-hydrogen) atoms. The van der Waals surface area contributed by atoms with Crippen LogP contribution in [0.4, 0.5) is 5.82 Å². The number of nitrogens with two attached hydrogens (primary N) is 1. The lowest BCUT2D eigenvalue weighted by atomic mass is 10.1. The third kappa shape index (κ3) is 5.08. The van der Waals surface area contributed by atoms with E-state index in [0.717, 1.165) is 4.57 Å². The number of phosphoric ester groups is 1. The molecular formula is C13H22N3O8P. The molecule has 1 aromatic heterocycles. The van der Waals surface area contributed by atoms with E-state index in [1.54, 1.807) is 13.8 Å². The first kappa shape index (κ1) is 20.0. The van der Waals surface area contributed by atoms with Crippen LogP contribution in [0.15, 0.2) is 17.1 Å². The molecule has 1 aromatic rings. The molecule has 11 nitrogen and oxygen atoms in total. The highest BCUT2D eigenvalue weighted by Crippen LogP contribution is 2.44. The van der Waals surface area contributed by atoms with Gasteiger partial charge in [-0.2, -0.15) is 4.98 Å². The number of aromatic nitrogens is 2. The zero-order valence-corrected chi connectivity index (χ0v) is 14.9. The van der Waals surface area contributed by atoms with Gasteiger partial charge in [0.15, 0.2) is 6.23 Å². The van der Waals surface area contributed by atoms with E-state index < -0.39 is 38.1 Å². The Balaban J connectivity index is 2.34. The average Bonchev–Trinajstić information content (AvgIpc) is 2.80. The Kier molecular flexibility index (Phi) is 6.33. The maximum atomic E-state index is 12.1. The lowest BCUT2D eigenvalue weighted by Crippen LogP contribution is -2.39. The monoisotopic (exact) mass is 379 g/mol. The Hall–Kier alpha value is -1.33. The van der Waals surface area contributed by atoms with Crippen molar-refractivity contribution in [3.8, 4) is 0 Å². The molecule has 1 aliphatic rings. The summed E-state index contributed by atoms with van der Waals surface area (Å²) in [6.45, 7) is 3.59. The maximum absolute atomic E-state index is 12.1. The molecule has 12 heteroatoms. The molecule has 0 spiro atoms. The smallest absolute Gasteiger partial charge is 0.383 e. The molecule has 1 aliphatic heterocycles. The van der Waals surface area contributed by atoms with Crippen LogP contribution in [0.25, 0.3) is 0 Å². The van der Waals surface area contributed by atoms with Crippen molar-refractivity contribution >= 4 is 13.6 Å². The highest BCUT2D eigenvalue weighted by atomic mass is 31.2. The van der Waals surface area contributed by atoms with Crippen LogP contribution < -0.4 is 11.4 Å². The molecule has 4 N–H and O–H groups in total. The number of rotatable bonds is 7. The van der Waals surface area contributed by atoms with Crippen LogP contribution in [0.1, 0.15) is 20.1 Å². The summed E-state index contributed by atoms with van der Waals surface area (Å²) in [5, 5.41) is 0. The lowest BCUT2D eigenvalue weighted by molar-refractivity contribution is -0.0798. The minimum atomic E-state index is -4.83. The predicted octanol–water partition coefficient (Wildman–Crippen LogP) is -0.359. The Morgan fingerprint density at radius 2 is 2.12 bits per heavy atom. The van der Waals surface area contributed by atoms with Crippen molar-refractivity contribution < 1.29 is 33.1 Å². The van der Waals surface area contributed by atoms with Gasteiger partial charge in [-0.25, -0.2) is 9.36 Å². The second-order valence-corrected chi connectivity index (χ2v) is 6.94. The van der Waals surface area contributed by atoms with Crippen molar-refractivity contribution in [2.24, 2.45) is 0 Å². The van der Waals surface area contributed by atoms with Gasteiger partial charge < -0.3 is 29.7 Å². The normalized spacial score (nSPS) is 27.1. The third-order valence-corrected chi connectivity index (χ3v) is 4.05. The first-order chi connectivity index (χ1) is 11.6. The van der Waals surface area contributed by atoms with Crippen molar-refractivity contribution in [1.82, 2.24) is 9.55 Å². The molecule has 2 heterocycles. The third-order valence-electron chi connectivity index (χ3n) is 3.54. The Bertz CT molecular complexity index is 690. The second kappa shape index (κ2) is 7.92. The number of hydrogen-bond acceptors (Lipinski definition) is 8. The van der Waals surface area contributed by atoms with E-state index in [2.05, 4.69) is 4.98 Å². The summed E-state index contributed by atoms with van der Waals surface area (Å²) < 4.78 is 33.8. The molecule has 0 aliphatic carbocycles. The topological polar surface area (TPSA) is 155 Å². The number of ether oxygens (including phenoxy) is 3. The second-order valence-electron chi connectivity index (χ2n) is 5.75. The zero-order valence-electron chi connectivity index (χ0n) is 14.0. The van der Waals surface area contributed by atoms with Gasteiger partial charge in [0.1, 0.15) is 24.1 Å². The fourth-order valence-electron chi connectivity index (χ4n) is 2.51. The number of nitrogens with zero attached hydrogens (tertiary/aromatic N) is 2. The van der Waals surface area contributed by atoms with Crippen molar-refractivity contribution in [2.45, 2.75) is 44.5 Å². The van der Waals surface area contributed by atoms with Crippen LogP contribution >= 0.6 is 7.82 Å². The van der Waals surface area contributed by atoms with Crippen LogP contribution in [0.3, 0.4) is 0 Å². The van der Waals surface area contributed by atoms with E-state index in [1.165, 1.54) is 19.4 Å². The number of phosphoric acid groups is 1. The Morgan fingerprint density at radius 1 is 1.44 bits per heavy atom. The summed E-state index contributed by atoms with van der Waals surface area (Å²) in [4.78, 5) is 34.0. The van der Waals surface area contributed by atoms with Gasteiger partial charge in [-0.3, -0.25) is 9.09 Å². The molecule has 1 fully saturated rings. The number of methoxy groups -OCH3 is 1. The van der Waals surface area contributed by atoms with E-state index in [4.69, 9.17) is 24.5 Å². The van der Waals surface area contributed by atoms with Crippen LogP contribution in [0, 0.1) is 0 Å². The Morgan fingerprint density at radius 3 is 2.64 bits per heavy atom. The SMILES string of the molecule is CO[C@@H]1[C@H](OP(=O)(O)O)[C@@H](COC(C)C)O[C@H]1n1ccc(N)nc1=O. The van der Waals surface area contributed by atoms with Gasteiger partial charge in [-0.1, -0.05) is 0 Å². The van der Waals surface area contributed by atoms with Gasteiger partial charge in [-0.05, 0) is 19.9 Å². The molecule has 0 unspecified atom stereocenters. The van der Waals surface area contributed by atoms with Gasteiger partial charge in [0.25, 0.3) is 0 Å². The summed E-state index contributed by atoms with van der Waals surface area (Å²) in [5.41, 5.74) is 4.78. The molecule has 2 rings (SSSR count). The molecule has 1 saturated heterocycles. The average molecular weight is 379 g/mol. The van der Waals surface area contributed by atoms with Crippen LogP contribution in [0.5, 0.6) is 0 Å². The molecule has 142 valence electrons. The molecule has 0 aromatic carbocycles. The highest BCUT2D eigenvalue weighted by molar-refractivity contribution is 7.46. The van der Waals surface area contributed by atoms with E-state index in [9.17, 15) is 19.1 Å². The first-order valence-corrected chi connectivity index (χ1v) is 9.04. The lowest BCUT2D eigenvalue weighted by Gasteiger charge is -2.24. The number of anilines is 1. The molecule has 0 bridgehead atoms. The fourth-order valence-corrected chi connectivity index (χ4v) is 3.08. The van der Waals surface area contributed by atoms with E-state index >= 15 is 0 Å². The minimum Gasteiger partial charge on any atom is -0.383 e. The van der Waals surface area contributed by atoms with E-state index in [0.29, 0.717) is 0 Å². The van der Waals surface area contributed by atoms with Crippen molar-refractivity contribution in [3.05, 3.63) is 22.7 Å². The molecule has 0 saturated carbocycles. The number of hydrogen-bond donors (Lipinski definition) is 3. The van der Waals surface area contributed by atoms with Crippen molar-refractivity contribution in [1.29, 1.82) is 0 Å². The maximum Gasteiger partial charge on any atom is 0.470 e. The summed E-state index contributed by atoms with van der Waals surface area (Å²) in [6.07, 6.45) is -2.78. The Labute approximate surface area is 143 Å². The molecule has 0 radical (unpaired) electrons. The predicted molar refractivity (Wildman–Crippen MR) is 85.6 cm³/mol. The van der Waals surface area contributed by atoms with Crippen molar-refractivity contribution in [2.75, 3.05) is 19.5 Å². The van der Waals surface area contributed by atoms with Crippen molar-refractivity contribution in [3.63, 3.8) is 0 Å². The van der Waals surface area contributed by atoms with E-state index in [-0.39, 0.29) is 18.5 Å². The summed E-state index contributed by atoms with van der Waals surface area (Å²) in [7, 11) is -3.51. The molecular weight excluding hydrogens is 357 g/mol. The van der Waals surface area contributed by atoms with Gasteiger partial charge in [0, 0.05) is 13.3 Å². The van der Waals surface area contributed by atoms with Gasteiger partial charge in [0.2, 0.25) is 0 Å². The van der Waals surface area contributed by atoms with E-state index in [1.807, 2.05) is 0 Å². The van der Waals surface area contributed by atoms with Gasteiger partial charge in [0.05, 0.1) is 12.7 Å². The zero-order chi connectivity index (χ0) is 18.8. The van der Waals surface area contributed by atoms with Crippen LogP contribution in [-0.2, 0) is 23.3 Å².